The first-order valence-electron chi connectivity index (χ1n) is 9.51. The van der Waals surface area contributed by atoms with Crippen LogP contribution in [0.2, 0.25) is 5.02 Å². The number of carbonyl (C=O) groups excluding carboxylic acids is 1. The van der Waals surface area contributed by atoms with E-state index in [2.05, 4.69) is 10.1 Å². The van der Waals surface area contributed by atoms with Crippen LogP contribution in [0, 0.1) is 6.92 Å². The van der Waals surface area contributed by atoms with Crippen molar-refractivity contribution >= 4 is 28.8 Å². The van der Waals surface area contributed by atoms with Crippen molar-refractivity contribution in [3.63, 3.8) is 0 Å². The van der Waals surface area contributed by atoms with Crippen LogP contribution in [0.25, 0.3) is 16.9 Å². The molecule has 4 rings (SSSR count). The Kier molecular flexibility index (Phi) is 5.48. The largest absolute Gasteiger partial charge is 0.497 e. The number of aryl methyl sites for hydroxylation is 1. The molecule has 2 heterocycles. The van der Waals surface area contributed by atoms with E-state index in [1.54, 1.807) is 51.4 Å². The van der Waals surface area contributed by atoms with Crippen molar-refractivity contribution in [1.29, 1.82) is 0 Å². The number of hydrogen-bond donors (Lipinski definition) is 0. The van der Waals surface area contributed by atoms with Gasteiger partial charge in [-0.05, 0) is 49.4 Å². The van der Waals surface area contributed by atoms with Gasteiger partial charge in [0.2, 0.25) is 5.91 Å². The van der Waals surface area contributed by atoms with Gasteiger partial charge in [-0.1, -0.05) is 17.7 Å². The number of aromatic nitrogens is 4. The number of ether oxygens (including phenoxy) is 1. The van der Waals surface area contributed by atoms with Crippen LogP contribution < -0.4 is 15.3 Å². The average molecular weight is 438 g/mol. The van der Waals surface area contributed by atoms with Crippen molar-refractivity contribution in [3.8, 4) is 17.0 Å². The fourth-order valence-electron chi connectivity index (χ4n) is 3.28. The third-order valence-corrected chi connectivity index (χ3v) is 5.21. The minimum Gasteiger partial charge on any atom is -0.497 e. The first-order chi connectivity index (χ1) is 14.9. The van der Waals surface area contributed by atoms with Crippen molar-refractivity contribution in [2.75, 3.05) is 19.1 Å². The zero-order valence-electron chi connectivity index (χ0n) is 17.2. The minimum atomic E-state index is -0.422. The van der Waals surface area contributed by atoms with Crippen molar-refractivity contribution in [3.05, 3.63) is 75.9 Å². The smallest absolute Gasteiger partial charge is 0.352 e. The highest BCUT2D eigenvalue weighted by atomic mass is 35.5. The number of halogens is 1. The Bertz CT molecular complexity index is 1330. The highest BCUT2D eigenvalue weighted by Crippen LogP contribution is 2.22. The number of amides is 1. The molecule has 0 aliphatic heterocycles. The summed E-state index contributed by atoms with van der Waals surface area (Å²) in [5, 5.41) is 4.88. The third kappa shape index (κ3) is 4.02. The SMILES string of the molecule is COc1ccc(-c2cc3nn(CC(=O)N(C)c4cccc(Cl)c4)c(=O)n3c(C)n2)cc1. The van der Waals surface area contributed by atoms with Gasteiger partial charge in [-0.25, -0.2) is 18.9 Å². The number of anilines is 1. The van der Waals surface area contributed by atoms with E-state index in [-0.39, 0.29) is 12.5 Å². The summed E-state index contributed by atoms with van der Waals surface area (Å²) in [6.07, 6.45) is 0. The molecule has 4 aromatic rings. The number of rotatable bonds is 5. The lowest BCUT2D eigenvalue weighted by molar-refractivity contribution is -0.119. The maximum Gasteiger partial charge on any atom is 0.352 e. The molecule has 0 aliphatic rings. The van der Waals surface area contributed by atoms with E-state index in [1.165, 1.54) is 9.30 Å². The molecule has 2 aromatic carbocycles. The molecule has 0 N–H and O–H groups in total. The number of methoxy groups -OCH3 is 1. The number of nitrogens with zero attached hydrogens (tertiary/aromatic N) is 5. The van der Waals surface area contributed by atoms with Gasteiger partial charge in [0.15, 0.2) is 5.65 Å². The topological polar surface area (TPSA) is 81.7 Å². The van der Waals surface area contributed by atoms with Gasteiger partial charge in [-0.2, -0.15) is 0 Å². The van der Waals surface area contributed by atoms with Gasteiger partial charge < -0.3 is 9.64 Å². The Hall–Kier alpha value is -3.65. The van der Waals surface area contributed by atoms with E-state index in [1.807, 2.05) is 24.3 Å². The predicted octanol–water partition coefficient (Wildman–Crippen LogP) is 3.19. The lowest BCUT2D eigenvalue weighted by Crippen LogP contribution is -2.34. The molecule has 0 saturated heterocycles. The molecule has 8 nitrogen and oxygen atoms in total. The van der Waals surface area contributed by atoms with Crippen molar-refractivity contribution < 1.29 is 9.53 Å². The van der Waals surface area contributed by atoms with Gasteiger partial charge in [0.1, 0.15) is 18.1 Å². The molecule has 0 atom stereocenters. The molecule has 31 heavy (non-hydrogen) atoms. The standard InChI is InChI=1S/C22H20ClN5O3/c1-14-24-19(15-7-9-18(31-3)10-8-15)12-20-25-27(22(30)28(14)20)13-21(29)26(2)17-6-4-5-16(23)11-17/h4-12H,13H2,1-3H3. The molecule has 0 bridgehead atoms. The van der Waals surface area contributed by atoms with Crippen LogP contribution in [0.4, 0.5) is 5.69 Å². The van der Waals surface area contributed by atoms with E-state index < -0.39 is 5.69 Å². The van der Waals surface area contributed by atoms with Crippen LogP contribution >= 0.6 is 11.6 Å². The molecule has 0 aliphatic carbocycles. The Morgan fingerprint density at radius 1 is 1.16 bits per heavy atom. The van der Waals surface area contributed by atoms with Crippen molar-refractivity contribution in [1.82, 2.24) is 19.2 Å². The van der Waals surface area contributed by atoms with E-state index in [0.29, 0.717) is 27.9 Å². The number of benzene rings is 2. The second-order valence-corrected chi connectivity index (χ2v) is 7.42. The highest BCUT2D eigenvalue weighted by molar-refractivity contribution is 6.30. The molecule has 158 valence electrons. The number of likely N-dealkylation sites (N-methyl/N-ethyl adjacent to an activating group) is 1. The normalized spacial score (nSPS) is 11.0. The summed E-state index contributed by atoms with van der Waals surface area (Å²) < 4.78 is 7.72. The van der Waals surface area contributed by atoms with Crippen LogP contribution in [0.15, 0.2) is 59.4 Å². The van der Waals surface area contributed by atoms with Crippen LogP contribution in [-0.4, -0.2) is 39.2 Å². The van der Waals surface area contributed by atoms with Gasteiger partial charge >= 0.3 is 5.69 Å². The van der Waals surface area contributed by atoms with Crippen molar-refractivity contribution in [2.45, 2.75) is 13.5 Å². The summed E-state index contributed by atoms with van der Waals surface area (Å²) in [4.78, 5) is 31.5. The number of carbonyl (C=O) groups is 1. The Balaban J connectivity index is 1.66. The molecule has 1 amide bonds. The third-order valence-electron chi connectivity index (χ3n) is 4.98. The summed E-state index contributed by atoms with van der Waals surface area (Å²) >= 11 is 6.01. The molecule has 0 unspecified atom stereocenters. The Morgan fingerprint density at radius 2 is 1.90 bits per heavy atom. The van der Waals surface area contributed by atoms with Gasteiger partial charge in [-0.3, -0.25) is 4.79 Å². The second kappa shape index (κ2) is 8.23. The maximum absolute atomic E-state index is 12.8. The van der Waals surface area contributed by atoms with E-state index >= 15 is 0 Å². The van der Waals surface area contributed by atoms with Gasteiger partial charge in [0.25, 0.3) is 0 Å². The minimum absolute atomic E-state index is 0.208. The summed E-state index contributed by atoms with van der Waals surface area (Å²) in [5.41, 5.74) is 2.17. The Labute approximate surface area is 183 Å². The second-order valence-electron chi connectivity index (χ2n) is 6.98. The van der Waals surface area contributed by atoms with Crippen LogP contribution in [-0.2, 0) is 11.3 Å². The van der Waals surface area contributed by atoms with E-state index in [9.17, 15) is 9.59 Å². The van der Waals surface area contributed by atoms with Gasteiger partial charge in [0.05, 0.1) is 12.8 Å². The molecule has 0 radical (unpaired) electrons. The van der Waals surface area contributed by atoms with Gasteiger partial charge in [-0.15, -0.1) is 5.10 Å². The lowest BCUT2D eigenvalue weighted by atomic mass is 10.1. The molecule has 2 aromatic heterocycles. The molecule has 9 heteroatoms. The van der Waals surface area contributed by atoms with Crippen molar-refractivity contribution in [2.24, 2.45) is 0 Å². The van der Waals surface area contributed by atoms with E-state index in [4.69, 9.17) is 16.3 Å². The van der Waals surface area contributed by atoms with Crippen LogP contribution in [0.5, 0.6) is 5.75 Å². The molecule has 0 fully saturated rings. The summed E-state index contributed by atoms with van der Waals surface area (Å²) in [6.45, 7) is 1.52. The number of hydrogen-bond acceptors (Lipinski definition) is 5. The molecule has 0 spiro atoms. The van der Waals surface area contributed by atoms with E-state index in [0.717, 1.165) is 16.0 Å². The summed E-state index contributed by atoms with van der Waals surface area (Å²) in [5.74, 6) is 0.924. The highest BCUT2D eigenvalue weighted by Gasteiger charge is 2.17. The van der Waals surface area contributed by atoms with Crippen LogP contribution in [0.1, 0.15) is 5.82 Å². The van der Waals surface area contributed by atoms with Gasteiger partial charge in [0, 0.05) is 29.4 Å². The molecular formula is C22H20ClN5O3. The molecular weight excluding hydrogens is 418 g/mol. The maximum atomic E-state index is 12.8. The molecule has 0 saturated carbocycles. The predicted molar refractivity (Wildman–Crippen MR) is 119 cm³/mol. The fraction of sp³-hybridized carbons (Fsp3) is 0.182. The van der Waals surface area contributed by atoms with Crippen LogP contribution in [0.3, 0.4) is 0 Å². The summed E-state index contributed by atoms with van der Waals surface area (Å²) in [7, 11) is 3.23. The first kappa shape index (κ1) is 20.6. The zero-order valence-corrected chi connectivity index (χ0v) is 18.0. The first-order valence-corrected chi connectivity index (χ1v) is 9.89. The fourth-order valence-corrected chi connectivity index (χ4v) is 3.46. The zero-order chi connectivity index (χ0) is 22.1. The lowest BCUT2D eigenvalue weighted by Gasteiger charge is -2.17. The number of fused-ring (bicyclic) bond motifs is 1. The summed E-state index contributed by atoms with van der Waals surface area (Å²) in [6, 6.07) is 16.1. The quantitative estimate of drug-likeness (QED) is 0.479. The Morgan fingerprint density at radius 3 is 2.58 bits per heavy atom. The monoisotopic (exact) mass is 437 g/mol. The average Bonchev–Trinajstić information content (AvgIpc) is 3.08.